The van der Waals surface area contributed by atoms with E-state index < -0.39 is 11.9 Å². The third-order valence-corrected chi connectivity index (χ3v) is 1.56. The van der Waals surface area contributed by atoms with E-state index in [4.69, 9.17) is 10.4 Å². The molecule has 0 radical (unpaired) electrons. The average Bonchev–Trinajstić information content (AvgIpc) is 2.34. The Morgan fingerprint density at radius 1 is 1.53 bits per heavy atom. The molecular formula is C12H15NO4. The van der Waals surface area contributed by atoms with Gasteiger partial charge in [-0.1, -0.05) is 19.2 Å². The Hall–Kier alpha value is -2.35. The number of rotatable bonds is 4. The van der Waals surface area contributed by atoms with Gasteiger partial charge in [0.1, 0.15) is 0 Å². The lowest BCUT2D eigenvalue weighted by molar-refractivity contribution is -0.136. The van der Waals surface area contributed by atoms with Crippen LogP contribution in [0.25, 0.3) is 0 Å². The summed E-state index contributed by atoms with van der Waals surface area (Å²) in [6.45, 7) is 8.01. The summed E-state index contributed by atoms with van der Waals surface area (Å²) in [5.74, 6) is -1.52. The predicted molar refractivity (Wildman–Crippen MR) is 63.0 cm³/mol. The van der Waals surface area contributed by atoms with E-state index in [-0.39, 0.29) is 17.6 Å². The SMILES string of the molecule is C=C(CC=C(C)C(=O)O)C(=O)OC.C=CC#N. The number of aliphatic carboxylic acids is 1. The van der Waals surface area contributed by atoms with Crippen molar-refractivity contribution in [3.63, 3.8) is 0 Å². The molecule has 5 nitrogen and oxygen atoms in total. The number of nitriles is 1. The Bertz CT molecular complexity index is 374. The highest BCUT2D eigenvalue weighted by Crippen LogP contribution is 2.04. The third kappa shape index (κ3) is 9.94. The number of hydrogen-bond donors (Lipinski definition) is 1. The van der Waals surface area contributed by atoms with Crippen LogP contribution in [0, 0.1) is 11.3 Å². The van der Waals surface area contributed by atoms with Crippen molar-refractivity contribution < 1.29 is 19.4 Å². The van der Waals surface area contributed by atoms with Gasteiger partial charge in [-0.3, -0.25) is 0 Å². The predicted octanol–water partition coefficient (Wildman–Crippen LogP) is 1.83. The van der Waals surface area contributed by atoms with Crippen LogP contribution in [0.1, 0.15) is 13.3 Å². The van der Waals surface area contributed by atoms with E-state index in [2.05, 4.69) is 17.9 Å². The number of esters is 1. The molecule has 0 atom stereocenters. The summed E-state index contributed by atoms with van der Waals surface area (Å²) in [6.07, 6.45) is 2.80. The number of carbonyl (C=O) groups excluding carboxylic acids is 1. The van der Waals surface area contributed by atoms with Crippen LogP contribution in [0.4, 0.5) is 0 Å². The molecule has 0 rings (SSSR count). The minimum Gasteiger partial charge on any atom is -0.478 e. The molecule has 92 valence electrons. The highest BCUT2D eigenvalue weighted by Gasteiger charge is 2.05. The maximum Gasteiger partial charge on any atom is 0.333 e. The van der Waals surface area contributed by atoms with Gasteiger partial charge in [-0.15, -0.1) is 0 Å². The Kier molecular flexibility index (Phi) is 10.2. The minimum atomic E-state index is -1.00. The number of carboxylic acid groups (broad SMARTS) is 1. The first-order valence-corrected chi connectivity index (χ1v) is 4.57. The molecule has 0 saturated carbocycles. The molecular weight excluding hydrogens is 222 g/mol. The van der Waals surface area contributed by atoms with Crippen LogP contribution in [0.3, 0.4) is 0 Å². The fraction of sp³-hybridized carbons (Fsp3) is 0.250. The van der Waals surface area contributed by atoms with Gasteiger partial charge < -0.3 is 9.84 Å². The largest absolute Gasteiger partial charge is 0.478 e. The van der Waals surface area contributed by atoms with Crippen molar-refractivity contribution >= 4 is 11.9 Å². The summed E-state index contributed by atoms with van der Waals surface area (Å²) in [6, 6.07) is 1.69. The smallest absolute Gasteiger partial charge is 0.333 e. The lowest BCUT2D eigenvalue weighted by Gasteiger charge is -1.99. The molecule has 0 aliphatic rings. The number of carboxylic acids is 1. The average molecular weight is 237 g/mol. The second kappa shape index (κ2) is 10.2. The first kappa shape index (κ1) is 17.1. The van der Waals surface area contributed by atoms with E-state index >= 15 is 0 Å². The Morgan fingerprint density at radius 3 is 2.29 bits per heavy atom. The maximum atomic E-state index is 10.8. The van der Waals surface area contributed by atoms with Crippen LogP contribution in [-0.4, -0.2) is 24.2 Å². The minimum absolute atomic E-state index is 0.185. The highest BCUT2D eigenvalue weighted by molar-refractivity contribution is 5.89. The number of ether oxygens (including phenoxy) is 1. The molecule has 0 saturated heterocycles. The van der Waals surface area contributed by atoms with Gasteiger partial charge in [0.25, 0.3) is 0 Å². The zero-order chi connectivity index (χ0) is 13.8. The Labute approximate surface area is 100 Å². The lowest BCUT2D eigenvalue weighted by Crippen LogP contribution is -2.03. The van der Waals surface area contributed by atoms with Gasteiger partial charge in [0.05, 0.1) is 13.2 Å². The normalized spacial score (nSPS) is 9.12. The highest BCUT2D eigenvalue weighted by atomic mass is 16.5. The van der Waals surface area contributed by atoms with Crippen molar-refractivity contribution in [2.75, 3.05) is 7.11 Å². The molecule has 0 fully saturated rings. The lowest BCUT2D eigenvalue weighted by atomic mass is 10.1. The number of allylic oxidation sites excluding steroid dienone is 2. The van der Waals surface area contributed by atoms with Crippen LogP contribution in [-0.2, 0) is 14.3 Å². The van der Waals surface area contributed by atoms with Crippen LogP contribution in [0.5, 0.6) is 0 Å². The first-order chi connectivity index (χ1) is 7.90. The van der Waals surface area contributed by atoms with Crippen molar-refractivity contribution in [2.24, 2.45) is 0 Å². The quantitative estimate of drug-likeness (QED) is 0.458. The summed E-state index contributed by atoms with van der Waals surface area (Å²) in [4.78, 5) is 21.1. The number of methoxy groups -OCH3 is 1. The molecule has 0 amide bonds. The van der Waals surface area contributed by atoms with Crippen molar-refractivity contribution in [1.82, 2.24) is 0 Å². The first-order valence-electron chi connectivity index (χ1n) is 4.57. The number of hydrogen-bond acceptors (Lipinski definition) is 4. The third-order valence-electron chi connectivity index (χ3n) is 1.56. The van der Waals surface area contributed by atoms with E-state index in [1.165, 1.54) is 26.2 Å². The molecule has 0 aromatic heterocycles. The zero-order valence-corrected chi connectivity index (χ0v) is 9.90. The van der Waals surface area contributed by atoms with Crippen LogP contribution in [0.15, 0.2) is 36.5 Å². The van der Waals surface area contributed by atoms with E-state index in [0.717, 1.165) is 0 Å². The monoisotopic (exact) mass is 237 g/mol. The van der Waals surface area contributed by atoms with Crippen LogP contribution < -0.4 is 0 Å². The van der Waals surface area contributed by atoms with Crippen molar-refractivity contribution in [2.45, 2.75) is 13.3 Å². The Morgan fingerprint density at radius 2 is 2.00 bits per heavy atom. The summed E-state index contributed by atoms with van der Waals surface area (Å²) in [5.41, 5.74) is 0.424. The molecule has 0 heterocycles. The van der Waals surface area contributed by atoms with Gasteiger partial charge in [0, 0.05) is 17.2 Å². The molecule has 0 aromatic carbocycles. The van der Waals surface area contributed by atoms with Gasteiger partial charge in [-0.2, -0.15) is 5.26 Å². The molecule has 0 unspecified atom stereocenters. The molecule has 0 spiro atoms. The summed E-state index contributed by atoms with van der Waals surface area (Å²) < 4.78 is 4.39. The number of carbonyl (C=O) groups is 2. The molecule has 17 heavy (non-hydrogen) atoms. The maximum absolute atomic E-state index is 10.8. The summed E-state index contributed by atoms with van der Waals surface area (Å²) in [5, 5.41) is 16.0. The second-order valence-electron chi connectivity index (χ2n) is 2.82. The van der Waals surface area contributed by atoms with Gasteiger partial charge >= 0.3 is 11.9 Å². The molecule has 0 aliphatic carbocycles. The van der Waals surface area contributed by atoms with Crippen LogP contribution >= 0.6 is 0 Å². The number of nitrogens with zero attached hydrogens (tertiary/aromatic N) is 1. The van der Waals surface area contributed by atoms with Crippen molar-refractivity contribution in [3.8, 4) is 6.07 Å². The van der Waals surface area contributed by atoms with Gasteiger partial charge in [0.15, 0.2) is 0 Å². The van der Waals surface area contributed by atoms with E-state index in [0.29, 0.717) is 0 Å². The summed E-state index contributed by atoms with van der Waals surface area (Å²) in [7, 11) is 1.25. The van der Waals surface area contributed by atoms with Crippen molar-refractivity contribution in [3.05, 3.63) is 36.5 Å². The molecule has 5 heteroatoms. The van der Waals surface area contributed by atoms with Gasteiger partial charge in [-0.05, 0) is 13.3 Å². The van der Waals surface area contributed by atoms with E-state index in [1.54, 1.807) is 6.07 Å². The van der Waals surface area contributed by atoms with Crippen LogP contribution in [0.2, 0.25) is 0 Å². The molecule has 1 N–H and O–H groups in total. The summed E-state index contributed by atoms with van der Waals surface area (Å²) >= 11 is 0. The standard InChI is InChI=1S/C9H12O4.C3H3N/c1-6(8(10)11)4-5-7(2)9(12)13-3;1-2-3-4/h4H,2,5H2,1,3H3,(H,10,11);2H,1H2. The van der Waals surface area contributed by atoms with Gasteiger partial charge in [-0.25, -0.2) is 9.59 Å². The van der Waals surface area contributed by atoms with E-state index in [9.17, 15) is 9.59 Å². The fourth-order valence-corrected chi connectivity index (χ4v) is 0.591. The topological polar surface area (TPSA) is 87.4 Å². The molecule has 0 aromatic rings. The van der Waals surface area contributed by atoms with E-state index in [1.807, 2.05) is 0 Å². The molecule has 0 aliphatic heterocycles. The fourth-order valence-electron chi connectivity index (χ4n) is 0.591. The van der Waals surface area contributed by atoms with Crippen molar-refractivity contribution in [1.29, 1.82) is 5.26 Å². The Balaban J connectivity index is 0. The van der Waals surface area contributed by atoms with Gasteiger partial charge in [0.2, 0.25) is 0 Å². The molecule has 0 bridgehead atoms. The second-order valence-corrected chi connectivity index (χ2v) is 2.82. The zero-order valence-electron chi connectivity index (χ0n) is 9.90.